The largest absolute Gasteiger partial charge is 0.369 e. The van der Waals surface area contributed by atoms with Crippen LogP contribution in [0.5, 0.6) is 0 Å². The van der Waals surface area contributed by atoms with Gasteiger partial charge in [0.15, 0.2) is 11.6 Å². The van der Waals surface area contributed by atoms with E-state index in [0.29, 0.717) is 31.1 Å². The molecule has 0 spiro atoms. The van der Waals surface area contributed by atoms with Gasteiger partial charge in [0.05, 0.1) is 18.4 Å². The Balaban J connectivity index is 1.51. The minimum Gasteiger partial charge on any atom is -0.369 e. The number of nitrogens with zero attached hydrogens (tertiary/aromatic N) is 4. The molecule has 0 aliphatic carbocycles. The third-order valence-electron chi connectivity index (χ3n) is 6.73. The van der Waals surface area contributed by atoms with Crippen molar-refractivity contribution in [2.24, 2.45) is 7.05 Å². The molecule has 4 aromatic rings. The summed E-state index contributed by atoms with van der Waals surface area (Å²) in [6.07, 6.45) is 2.91. The fourth-order valence-corrected chi connectivity index (χ4v) is 5.80. The van der Waals surface area contributed by atoms with Crippen LogP contribution >= 0.6 is 0 Å². The first-order valence-corrected chi connectivity index (χ1v) is 14.8. The Hall–Kier alpha value is -3.05. The summed E-state index contributed by atoms with van der Waals surface area (Å²) in [5.74, 6) is 1.12. The molecule has 0 radical (unpaired) electrons. The SMILES string of the molecule is CCN(CC)CCCS(=O)(=O)N[C@H](Cc1c[nH]c2ccccc12)c1nc(COCc2ccccc2)n(C)n1. The van der Waals surface area contributed by atoms with E-state index < -0.39 is 16.1 Å². The molecule has 0 aliphatic heterocycles. The van der Waals surface area contributed by atoms with Crippen LogP contribution in [0.4, 0.5) is 0 Å². The first-order valence-electron chi connectivity index (χ1n) is 13.2. The maximum Gasteiger partial charge on any atom is 0.212 e. The zero-order valence-electron chi connectivity index (χ0n) is 22.4. The zero-order chi connectivity index (χ0) is 27.0. The van der Waals surface area contributed by atoms with E-state index in [1.165, 1.54) is 0 Å². The van der Waals surface area contributed by atoms with Crippen LogP contribution in [0.15, 0.2) is 60.8 Å². The van der Waals surface area contributed by atoms with Gasteiger partial charge < -0.3 is 14.6 Å². The second-order valence-electron chi connectivity index (χ2n) is 9.42. The second kappa shape index (κ2) is 13.1. The molecule has 0 unspecified atom stereocenters. The molecule has 1 atom stereocenters. The highest BCUT2D eigenvalue weighted by Crippen LogP contribution is 2.24. The molecule has 2 heterocycles. The monoisotopic (exact) mass is 538 g/mol. The molecule has 0 saturated heterocycles. The first-order chi connectivity index (χ1) is 18.4. The smallest absolute Gasteiger partial charge is 0.212 e. The molecule has 0 bridgehead atoms. The van der Waals surface area contributed by atoms with Crippen molar-refractivity contribution < 1.29 is 13.2 Å². The Kier molecular flexibility index (Phi) is 9.68. The summed E-state index contributed by atoms with van der Waals surface area (Å²) in [5, 5.41) is 5.65. The molecule has 4 rings (SSSR count). The minimum atomic E-state index is -3.56. The van der Waals surface area contributed by atoms with Gasteiger partial charge >= 0.3 is 0 Å². The molecule has 2 N–H and O–H groups in total. The van der Waals surface area contributed by atoms with E-state index in [-0.39, 0.29) is 12.4 Å². The Morgan fingerprint density at radius 1 is 1.05 bits per heavy atom. The molecule has 2 aromatic heterocycles. The quantitative estimate of drug-likeness (QED) is 0.238. The maximum absolute atomic E-state index is 13.2. The number of sulfonamides is 1. The molecular weight excluding hydrogens is 500 g/mol. The summed E-state index contributed by atoms with van der Waals surface area (Å²) in [5.41, 5.74) is 3.09. The average molecular weight is 539 g/mol. The van der Waals surface area contributed by atoms with Gasteiger partial charge in [-0.3, -0.25) is 4.68 Å². The number of hydrogen-bond donors (Lipinski definition) is 2. The van der Waals surface area contributed by atoms with Gasteiger partial charge in [0.2, 0.25) is 10.0 Å². The maximum atomic E-state index is 13.2. The Morgan fingerprint density at radius 3 is 2.55 bits per heavy atom. The molecule has 0 aliphatic rings. The van der Waals surface area contributed by atoms with Gasteiger partial charge in [-0.05, 0) is 49.7 Å². The van der Waals surface area contributed by atoms with Crippen molar-refractivity contribution in [1.29, 1.82) is 0 Å². The van der Waals surface area contributed by atoms with E-state index in [1.807, 2.05) is 60.8 Å². The van der Waals surface area contributed by atoms with E-state index in [0.717, 1.165) is 41.7 Å². The lowest BCUT2D eigenvalue weighted by Gasteiger charge is -2.19. The van der Waals surface area contributed by atoms with Crippen LogP contribution in [0.2, 0.25) is 0 Å². The van der Waals surface area contributed by atoms with E-state index in [2.05, 4.69) is 33.6 Å². The van der Waals surface area contributed by atoms with Gasteiger partial charge in [0.25, 0.3) is 0 Å². The van der Waals surface area contributed by atoms with E-state index >= 15 is 0 Å². The molecule has 10 heteroatoms. The van der Waals surface area contributed by atoms with Gasteiger partial charge in [-0.1, -0.05) is 62.4 Å². The van der Waals surface area contributed by atoms with Crippen LogP contribution < -0.4 is 4.72 Å². The molecular formula is C28H38N6O3S. The summed E-state index contributed by atoms with van der Waals surface area (Å²) in [6, 6.07) is 17.3. The van der Waals surface area contributed by atoms with E-state index in [1.54, 1.807) is 11.7 Å². The van der Waals surface area contributed by atoms with Gasteiger partial charge in [0, 0.05) is 24.1 Å². The number of benzene rings is 2. The van der Waals surface area contributed by atoms with Crippen LogP contribution in [-0.4, -0.2) is 58.5 Å². The van der Waals surface area contributed by atoms with Crippen molar-refractivity contribution >= 4 is 20.9 Å². The highest BCUT2D eigenvalue weighted by Gasteiger charge is 2.25. The Morgan fingerprint density at radius 2 is 1.79 bits per heavy atom. The standard InChI is InChI=1S/C28H38N6O3S/c1-4-34(5-2)16-11-17-38(35,36)32-26(18-23-19-29-25-15-10-9-14-24(23)25)28-30-27(33(3)31-28)21-37-20-22-12-7-6-8-13-22/h6-10,12-15,19,26,29,32H,4-5,11,16-18,20-21H2,1-3H3/t26-/m1/s1. The Bertz CT molecular complexity index is 1400. The van der Waals surface area contributed by atoms with Crippen molar-refractivity contribution in [2.75, 3.05) is 25.4 Å². The summed E-state index contributed by atoms with van der Waals surface area (Å²) in [6.45, 7) is 7.45. The number of para-hydroxylation sites is 1. The number of H-pyrrole nitrogens is 1. The summed E-state index contributed by atoms with van der Waals surface area (Å²) in [4.78, 5) is 10.2. The number of hydrogen-bond acceptors (Lipinski definition) is 6. The van der Waals surface area contributed by atoms with Gasteiger partial charge in [-0.2, -0.15) is 5.10 Å². The van der Waals surface area contributed by atoms with Crippen LogP contribution in [0.25, 0.3) is 10.9 Å². The van der Waals surface area contributed by atoms with Crippen molar-refractivity contribution in [1.82, 2.24) is 29.4 Å². The fourth-order valence-electron chi connectivity index (χ4n) is 4.55. The summed E-state index contributed by atoms with van der Waals surface area (Å²) in [7, 11) is -1.76. The third-order valence-corrected chi connectivity index (χ3v) is 8.20. The molecule has 0 saturated carbocycles. The zero-order valence-corrected chi connectivity index (χ0v) is 23.2. The van der Waals surface area contributed by atoms with Crippen LogP contribution in [0.3, 0.4) is 0 Å². The molecule has 0 fully saturated rings. The van der Waals surface area contributed by atoms with Crippen LogP contribution in [0.1, 0.15) is 49.1 Å². The lowest BCUT2D eigenvalue weighted by atomic mass is 10.1. The molecule has 2 aromatic carbocycles. The van der Waals surface area contributed by atoms with Gasteiger partial charge in [-0.25, -0.2) is 18.1 Å². The molecule has 38 heavy (non-hydrogen) atoms. The minimum absolute atomic E-state index is 0.0494. The van der Waals surface area contributed by atoms with Gasteiger partial charge in [0.1, 0.15) is 6.61 Å². The second-order valence-corrected chi connectivity index (χ2v) is 11.3. The number of aromatic amines is 1. The van der Waals surface area contributed by atoms with Crippen molar-refractivity contribution in [3.05, 3.63) is 83.6 Å². The highest BCUT2D eigenvalue weighted by atomic mass is 32.2. The summed E-state index contributed by atoms with van der Waals surface area (Å²) >= 11 is 0. The average Bonchev–Trinajstić information content (AvgIpc) is 3.50. The van der Waals surface area contributed by atoms with E-state index in [4.69, 9.17) is 9.72 Å². The molecule has 0 amide bonds. The lowest BCUT2D eigenvalue weighted by molar-refractivity contribution is 0.0993. The van der Waals surface area contributed by atoms with Crippen LogP contribution in [-0.2, 0) is 41.4 Å². The van der Waals surface area contributed by atoms with Crippen molar-refractivity contribution in [3.8, 4) is 0 Å². The van der Waals surface area contributed by atoms with Crippen LogP contribution in [0, 0.1) is 0 Å². The topological polar surface area (TPSA) is 105 Å². The van der Waals surface area contributed by atoms with Gasteiger partial charge in [-0.15, -0.1) is 0 Å². The van der Waals surface area contributed by atoms with Crippen molar-refractivity contribution in [3.63, 3.8) is 0 Å². The number of fused-ring (bicyclic) bond motifs is 1. The number of ether oxygens (including phenoxy) is 1. The number of nitrogens with one attached hydrogen (secondary N) is 2. The predicted octanol–water partition coefficient (Wildman–Crippen LogP) is 3.95. The highest BCUT2D eigenvalue weighted by molar-refractivity contribution is 7.89. The molecule has 204 valence electrons. The summed E-state index contributed by atoms with van der Waals surface area (Å²) < 4.78 is 36.8. The number of aryl methyl sites for hydroxylation is 1. The normalized spacial score (nSPS) is 12.9. The third kappa shape index (κ3) is 7.50. The molecule has 9 nitrogen and oxygen atoms in total. The first kappa shape index (κ1) is 28.0. The predicted molar refractivity (Wildman–Crippen MR) is 150 cm³/mol. The Labute approximate surface area is 225 Å². The lowest BCUT2D eigenvalue weighted by Crippen LogP contribution is -2.34. The van der Waals surface area contributed by atoms with E-state index in [9.17, 15) is 8.42 Å². The number of rotatable bonds is 15. The number of aromatic nitrogens is 4. The van der Waals surface area contributed by atoms with Crippen molar-refractivity contribution in [2.45, 2.75) is 45.9 Å². The fraction of sp³-hybridized carbons (Fsp3) is 0.429.